The lowest BCUT2D eigenvalue weighted by atomic mass is 10.3. The number of hydrogen-bond acceptors (Lipinski definition) is 3. The molecule has 0 amide bonds. The fraction of sp³-hybridized carbons (Fsp3) is 0.429. The summed E-state index contributed by atoms with van der Waals surface area (Å²) in [5.74, 6) is 0. The summed E-state index contributed by atoms with van der Waals surface area (Å²) in [6, 6.07) is 0. The monoisotopic (exact) mass is 170 g/mol. The highest BCUT2D eigenvalue weighted by atomic mass is 16.3. The number of aromatic nitrogens is 2. The molecule has 1 aromatic rings. The average molecular weight is 170 g/mol. The molecule has 0 unspecified atom stereocenters. The second-order valence-electron chi connectivity index (χ2n) is 2.57. The van der Waals surface area contributed by atoms with E-state index in [0.29, 0.717) is 0 Å². The quantitative estimate of drug-likeness (QED) is 0.562. The molecule has 1 N–H and O–H groups in total. The Morgan fingerprint density at radius 3 is 2.50 bits per heavy atom. The first kappa shape index (κ1) is 8.73. The number of hydrogen-bond donors (Lipinski definition) is 1. The van der Waals surface area contributed by atoms with Crippen molar-refractivity contribution >= 4 is 0 Å². The van der Waals surface area contributed by atoms with Gasteiger partial charge in [-0.3, -0.25) is 9.36 Å². The molecule has 66 valence electrons. The van der Waals surface area contributed by atoms with E-state index in [1.807, 2.05) is 0 Å². The minimum atomic E-state index is -0.444. The Balaban J connectivity index is 3.61. The SMILES string of the molecule is Cn1cc(CO)c(=O)n(C)c1=O. The number of nitrogens with zero attached hydrogens (tertiary/aromatic N) is 2. The van der Waals surface area contributed by atoms with Crippen molar-refractivity contribution in [3.8, 4) is 0 Å². The Bertz CT molecular complexity index is 402. The summed E-state index contributed by atoms with van der Waals surface area (Å²) < 4.78 is 2.22. The van der Waals surface area contributed by atoms with Gasteiger partial charge in [-0.1, -0.05) is 0 Å². The van der Waals surface area contributed by atoms with Gasteiger partial charge in [-0.25, -0.2) is 4.79 Å². The lowest BCUT2D eigenvalue weighted by Gasteiger charge is -2.03. The fourth-order valence-corrected chi connectivity index (χ4v) is 0.992. The van der Waals surface area contributed by atoms with Crippen molar-refractivity contribution in [2.75, 3.05) is 0 Å². The zero-order chi connectivity index (χ0) is 9.30. The van der Waals surface area contributed by atoms with Gasteiger partial charge in [0.1, 0.15) is 0 Å². The molecule has 0 saturated carbocycles. The molecule has 1 rings (SSSR count). The molecule has 0 atom stereocenters. The molecule has 0 aliphatic rings. The van der Waals surface area contributed by atoms with Crippen LogP contribution in [0, 0.1) is 0 Å². The van der Waals surface area contributed by atoms with Crippen LogP contribution in [0.15, 0.2) is 15.8 Å². The van der Waals surface area contributed by atoms with E-state index >= 15 is 0 Å². The number of aliphatic hydroxyl groups is 1. The van der Waals surface area contributed by atoms with Gasteiger partial charge in [-0.2, -0.15) is 0 Å². The minimum absolute atomic E-state index is 0.222. The zero-order valence-electron chi connectivity index (χ0n) is 6.94. The molecule has 0 bridgehead atoms. The first-order chi connectivity index (χ1) is 5.57. The Hall–Kier alpha value is -1.36. The minimum Gasteiger partial charge on any atom is -0.391 e. The lowest BCUT2D eigenvalue weighted by Crippen LogP contribution is -2.38. The summed E-state index contributed by atoms with van der Waals surface area (Å²) in [7, 11) is 2.91. The summed E-state index contributed by atoms with van der Waals surface area (Å²) in [4.78, 5) is 22.3. The van der Waals surface area contributed by atoms with E-state index in [1.54, 1.807) is 0 Å². The Morgan fingerprint density at radius 2 is 2.00 bits per heavy atom. The molecular weight excluding hydrogens is 160 g/mol. The molecule has 0 aromatic carbocycles. The summed E-state index contributed by atoms with van der Waals surface area (Å²) in [6.45, 7) is -0.346. The van der Waals surface area contributed by atoms with Crippen LogP contribution >= 0.6 is 0 Å². The van der Waals surface area contributed by atoms with Gasteiger partial charge in [-0.05, 0) is 0 Å². The zero-order valence-corrected chi connectivity index (χ0v) is 6.94. The highest BCUT2D eigenvalue weighted by Gasteiger charge is 2.04. The van der Waals surface area contributed by atoms with Gasteiger partial charge < -0.3 is 9.67 Å². The van der Waals surface area contributed by atoms with Crippen LogP contribution in [0.3, 0.4) is 0 Å². The van der Waals surface area contributed by atoms with Crippen molar-refractivity contribution in [3.63, 3.8) is 0 Å². The van der Waals surface area contributed by atoms with Gasteiger partial charge in [0.2, 0.25) is 0 Å². The highest BCUT2D eigenvalue weighted by Crippen LogP contribution is 1.84. The third-order valence-electron chi connectivity index (χ3n) is 1.69. The third kappa shape index (κ3) is 1.18. The predicted molar refractivity (Wildman–Crippen MR) is 42.8 cm³/mol. The topological polar surface area (TPSA) is 64.2 Å². The third-order valence-corrected chi connectivity index (χ3v) is 1.69. The van der Waals surface area contributed by atoms with Crippen LogP contribution in [0.4, 0.5) is 0 Å². The van der Waals surface area contributed by atoms with Crippen LogP contribution in [-0.2, 0) is 20.7 Å². The van der Waals surface area contributed by atoms with E-state index in [2.05, 4.69) is 0 Å². The summed E-state index contributed by atoms with van der Waals surface area (Å²) in [5, 5.41) is 8.73. The molecule has 0 saturated heterocycles. The largest absolute Gasteiger partial charge is 0.391 e. The van der Waals surface area contributed by atoms with Gasteiger partial charge >= 0.3 is 5.69 Å². The van der Waals surface area contributed by atoms with Crippen molar-refractivity contribution in [2.45, 2.75) is 6.61 Å². The maximum Gasteiger partial charge on any atom is 0.330 e. The molecule has 0 radical (unpaired) electrons. The Kier molecular flexibility index (Phi) is 2.14. The maximum atomic E-state index is 11.2. The van der Waals surface area contributed by atoms with Crippen molar-refractivity contribution in [3.05, 3.63) is 32.6 Å². The lowest BCUT2D eigenvalue weighted by molar-refractivity contribution is 0.277. The molecule has 1 heterocycles. The summed E-state index contributed by atoms with van der Waals surface area (Å²) in [6.07, 6.45) is 1.34. The number of aryl methyl sites for hydroxylation is 1. The standard InChI is InChI=1S/C7H10N2O3/c1-8-3-5(4-10)6(11)9(2)7(8)12/h3,10H,4H2,1-2H3. The molecule has 12 heavy (non-hydrogen) atoms. The van der Waals surface area contributed by atoms with E-state index < -0.39 is 11.2 Å². The molecular formula is C7H10N2O3. The smallest absolute Gasteiger partial charge is 0.330 e. The Morgan fingerprint density at radius 1 is 1.42 bits per heavy atom. The first-order valence-electron chi connectivity index (χ1n) is 3.44. The van der Waals surface area contributed by atoms with Gasteiger partial charge in [0.15, 0.2) is 0 Å². The van der Waals surface area contributed by atoms with Crippen LogP contribution in [0.2, 0.25) is 0 Å². The van der Waals surface area contributed by atoms with E-state index in [1.165, 1.54) is 24.9 Å². The second kappa shape index (κ2) is 2.94. The van der Waals surface area contributed by atoms with Gasteiger partial charge in [0.25, 0.3) is 5.56 Å². The summed E-state index contributed by atoms with van der Waals surface area (Å²) >= 11 is 0. The predicted octanol–water partition coefficient (Wildman–Crippen LogP) is -1.42. The van der Waals surface area contributed by atoms with Gasteiger partial charge in [0.05, 0.1) is 12.2 Å². The molecule has 0 spiro atoms. The first-order valence-corrected chi connectivity index (χ1v) is 3.44. The van der Waals surface area contributed by atoms with Crippen LogP contribution in [0.5, 0.6) is 0 Å². The normalized spacial score (nSPS) is 10.2. The fourth-order valence-electron chi connectivity index (χ4n) is 0.992. The highest BCUT2D eigenvalue weighted by molar-refractivity contribution is 5.03. The van der Waals surface area contributed by atoms with E-state index in [9.17, 15) is 9.59 Å². The van der Waals surface area contributed by atoms with Crippen molar-refractivity contribution in [2.24, 2.45) is 14.1 Å². The van der Waals surface area contributed by atoms with Crippen molar-refractivity contribution in [1.82, 2.24) is 9.13 Å². The van der Waals surface area contributed by atoms with E-state index in [4.69, 9.17) is 5.11 Å². The van der Waals surface area contributed by atoms with Crippen LogP contribution in [0.1, 0.15) is 5.56 Å². The van der Waals surface area contributed by atoms with Gasteiger partial charge in [0, 0.05) is 20.3 Å². The van der Waals surface area contributed by atoms with Crippen LogP contribution in [0.25, 0.3) is 0 Å². The van der Waals surface area contributed by atoms with Crippen molar-refractivity contribution < 1.29 is 5.11 Å². The maximum absolute atomic E-state index is 11.2. The number of aliphatic hydroxyl groups excluding tert-OH is 1. The molecule has 0 aliphatic heterocycles. The molecule has 0 aliphatic carbocycles. The van der Waals surface area contributed by atoms with E-state index in [-0.39, 0.29) is 12.2 Å². The second-order valence-corrected chi connectivity index (χ2v) is 2.57. The number of rotatable bonds is 1. The summed E-state index contributed by atoms with van der Waals surface area (Å²) in [5.41, 5.74) is -0.614. The van der Waals surface area contributed by atoms with Gasteiger partial charge in [-0.15, -0.1) is 0 Å². The molecule has 5 heteroatoms. The average Bonchev–Trinajstić information content (AvgIpc) is 2.08. The Labute approximate surface area is 68.5 Å². The molecule has 1 aromatic heterocycles. The van der Waals surface area contributed by atoms with Crippen molar-refractivity contribution in [1.29, 1.82) is 0 Å². The molecule has 0 fully saturated rings. The van der Waals surface area contributed by atoms with E-state index in [0.717, 1.165) is 4.57 Å². The molecule has 5 nitrogen and oxygen atoms in total. The van der Waals surface area contributed by atoms with Crippen LogP contribution in [-0.4, -0.2) is 14.2 Å². The van der Waals surface area contributed by atoms with Crippen LogP contribution < -0.4 is 11.2 Å².